The number of hydrogen-bond acceptors (Lipinski definition) is 6. The molecule has 0 radical (unpaired) electrons. The predicted octanol–water partition coefficient (Wildman–Crippen LogP) is 2.81. The molecular weight excluding hydrogens is 368 g/mol. The second-order valence-corrected chi connectivity index (χ2v) is 9.01. The van der Waals surface area contributed by atoms with E-state index in [1.54, 1.807) is 24.4 Å². The number of nitrogens with one attached hydrogen (secondary N) is 1. The Bertz CT molecular complexity index is 912. The molecule has 0 saturated heterocycles. The molecule has 2 saturated carbocycles. The lowest BCUT2D eigenvalue weighted by atomic mass is 9.94. The van der Waals surface area contributed by atoms with Crippen molar-refractivity contribution in [3.63, 3.8) is 0 Å². The van der Waals surface area contributed by atoms with E-state index in [2.05, 4.69) is 9.71 Å². The molecule has 2 aromatic rings. The van der Waals surface area contributed by atoms with Gasteiger partial charge in [-0.2, -0.15) is 0 Å². The van der Waals surface area contributed by atoms with Crippen LogP contribution in [-0.4, -0.2) is 37.8 Å². The summed E-state index contributed by atoms with van der Waals surface area (Å²) in [6.45, 7) is 0. The summed E-state index contributed by atoms with van der Waals surface area (Å²) in [5, 5.41) is 9.62. The average Bonchev–Trinajstić information content (AvgIpc) is 3.40. The zero-order valence-electron chi connectivity index (χ0n) is 15.2. The first-order chi connectivity index (χ1) is 13.0. The third-order valence-corrected chi connectivity index (χ3v) is 6.75. The highest BCUT2D eigenvalue weighted by molar-refractivity contribution is 7.89. The van der Waals surface area contributed by atoms with Gasteiger partial charge >= 0.3 is 0 Å². The Balaban J connectivity index is 1.61. The highest BCUT2D eigenvalue weighted by Crippen LogP contribution is 2.41. The molecule has 0 spiro atoms. The molecule has 2 N–H and O–H groups in total. The number of sulfonamides is 1. The van der Waals surface area contributed by atoms with Crippen molar-refractivity contribution in [1.29, 1.82) is 0 Å². The standard InChI is InChI=1S/C19H24N2O5S/c1-25-16-9-4-13(17-11-20-19(26-17)12-2-3-12)10-18(16)27(23,24)21-14-5-7-15(22)8-6-14/h4,9-12,14-15,21-22H,2-3,5-8H2,1H3. The molecule has 1 aromatic carbocycles. The molecule has 27 heavy (non-hydrogen) atoms. The van der Waals surface area contributed by atoms with Crippen LogP contribution in [0, 0.1) is 0 Å². The van der Waals surface area contributed by atoms with E-state index in [0.29, 0.717) is 48.8 Å². The van der Waals surface area contributed by atoms with Crippen molar-refractivity contribution in [3.8, 4) is 17.1 Å². The van der Waals surface area contributed by atoms with Crippen molar-refractivity contribution in [1.82, 2.24) is 9.71 Å². The molecule has 0 unspecified atom stereocenters. The summed E-state index contributed by atoms with van der Waals surface area (Å²) in [7, 11) is -2.32. The molecule has 0 aliphatic heterocycles. The van der Waals surface area contributed by atoms with Crippen molar-refractivity contribution < 1.29 is 22.7 Å². The number of ether oxygens (including phenoxy) is 1. The van der Waals surface area contributed by atoms with Gasteiger partial charge in [0, 0.05) is 17.5 Å². The van der Waals surface area contributed by atoms with E-state index >= 15 is 0 Å². The monoisotopic (exact) mass is 392 g/mol. The summed E-state index contributed by atoms with van der Waals surface area (Å²) in [6.07, 6.45) is 5.92. The zero-order chi connectivity index (χ0) is 19.0. The molecule has 0 atom stereocenters. The molecule has 146 valence electrons. The molecule has 0 amide bonds. The largest absolute Gasteiger partial charge is 0.495 e. The first-order valence-electron chi connectivity index (χ1n) is 9.31. The molecule has 2 aliphatic carbocycles. The fourth-order valence-corrected chi connectivity index (χ4v) is 4.96. The van der Waals surface area contributed by atoms with Crippen LogP contribution in [-0.2, 0) is 10.0 Å². The number of oxazole rings is 1. The Hall–Kier alpha value is -1.90. The van der Waals surface area contributed by atoms with Crippen molar-refractivity contribution >= 4 is 10.0 Å². The molecule has 1 heterocycles. The van der Waals surface area contributed by atoms with Gasteiger partial charge in [-0.15, -0.1) is 0 Å². The van der Waals surface area contributed by atoms with E-state index in [0.717, 1.165) is 12.8 Å². The summed E-state index contributed by atoms with van der Waals surface area (Å²) in [5.41, 5.74) is 0.648. The van der Waals surface area contributed by atoms with Crippen molar-refractivity contribution in [3.05, 3.63) is 30.3 Å². The first kappa shape index (κ1) is 18.5. The number of rotatable bonds is 6. The predicted molar refractivity (Wildman–Crippen MR) is 99.1 cm³/mol. The second kappa shape index (κ2) is 7.26. The van der Waals surface area contributed by atoms with Crippen LogP contribution in [0.25, 0.3) is 11.3 Å². The lowest BCUT2D eigenvalue weighted by Gasteiger charge is -2.26. The molecule has 8 heteroatoms. The van der Waals surface area contributed by atoms with Crippen LogP contribution in [0.2, 0.25) is 0 Å². The summed E-state index contributed by atoms with van der Waals surface area (Å²) < 4.78 is 39.8. The van der Waals surface area contributed by atoms with Crippen LogP contribution in [0.1, 0.15) is 50.3 Å². The number of hydrogen-bond donors (Lipinski definition) is 2. The van der Waals surface area contributed by atoms with Gasteiger partial charge in [0.25, 0.3) is 0 Å². The summed E-state index contributed by atoms with van der Waals surface area (Å²) in [4.78, 5) is 4.38. The Morgan fingerprint density at radius 1 is 1.19 bits per heavy atom. The Kier molecular flexibility index (Phi) is 4.96. The van der Waals surface area contributed by atoms with E-state index < -0.39 is 10.0 Å². The van der Waals surface area contributed by atoms with Crippen LogP contribution in [0.5, 0.6) is 5.75 Å². The first-order valence-corrected chi connectivity index (χ1v) is 10.8. The van der Waals surface area contributed by atoms with E-state index in [-0.39, 0.29) is 22.8 Å². The van der Waals surface area contributed by atoms with Crippen LogP contribution in [0.4, 0.5) is 0 Å². The second-order valence-electron chi connectivity index (χ2n) is 7.33. The van der Waals surface area contributed by atoms with E-state index in [4.69, 9.17) is 9.15 Å². The molecule has 0 bridgehead atoms. The lowest BCUT2D eigenvalue weighted by molar-refractivity contribution is 0.120. The molecule has 2 fully saturated rings. The maximum Gasteiger partial charge on any atom is 0.244 e. The molecule has 2 aliphatic rings. The van der Waals surface area contributed by atoms with Gasteiger partial charge in [-0.25, -0.2) is 18.1 Å². The normalized spacial score (nSPS) is 23.3. The maximum absolute atomic E-state index is 13.0. The Morgan fingerprint density at radius 2 is 1.93 bits per heavy atom. The Labute approximate surface area is 158 Å². The van der Waals surface area contributed by atoms with Crippen LogP contribution in [0.3, 0.4) is 0 Å². The van der Waals surface area contributed by atoms with Crippen LogP contribution < -0.4 is 9.46 Å². The Morgan fingerprint density at radius 3 is 2.59 bits per heavy atom. The molecule has 7 nitrogen and oxygen atoms in total. The fraction of sp³-hybridized carbons (Fsp3) is 0.526. The van der Waals surface area contributed by atoms with Crippen LogP contribution >= 0.6 is 0 Å². The number of benzene rings is 1. The van der Waals surface area contributed by atoms with Gasteiger partial charge in [0.1, 0.15) is 10.6 Å². The molecule has 4 rings (SSSR count). The minimum Gasteiger partial charge on any atom is -0.495 e. The van der Waals surface area contributed by atoms with Gasteiger partial charge in [-0.1, -0.05) is 0 Å². The van der Waals surface area contributed by atoms with E-state index in [1.807, 2.05) is 0 Å². The number of methoxy groups -OCH3 is 1. The quantitative estimate of drug-likeness (QED) is 0.784. The maximum atomic E-state index is 13.0. The minimum atomic E-state index is -3.77. The smallest absolute Gasteiger partial charge is 0.244 e. The topological polar surface area (TPSA) is 102 Å². The van der Waals surface area contributed by atoms with E-state index in [1.165, 1.54) is 7.11 Å². The summed E-state index contributed by atoms with van der Waals surface area (Å²) in [5.74, 6) is 1.94. The van der Waals surface area contributed by atoms with Crippen molar-refractivity contribution in [2.75, 3.05) is 7.11 Å². The number of aliphatic hydroxyl groups excluding tert-OH is 1. The van der Waals surface area contributed by atoms with Crippen molar-refractivity contribution in [2.24, 2.45) is 0 Å². The van der Waals surface area contributed by atoms with Crippen LogP contribution in [0.15, 0.2) is 33.7 Å². The number of nitrogens with zero attached hydrogens (tertiary/aromatic N) is 1. The van der Waals surface area contributed by atoms with Gasteiger partial charge in [0.05, 0.1) is 19.4 Å². The lowest BCUT2D eigenvalue weighted by Crippen LogP contribution is -2.38. The van der Waals surface area contributed by atoms with Gasteiger partial charge in [-0.05, 0) is 56.7 Å². The van der Waals surface area contributed by atoms with Gasteiger partial charge in [-0.3, -0.25) is 0 Å². The third-order valence-electron chi connectivity index (χ3n) is 5.21. The average molecular weight is 392 g/mol. The third kappa shape index (κ3) is 4.02. The van der Waals surface area contributed by atoms with Crippen molar-refractivity contribution in [2.45, 2.75) is 61.5 Å². The minimum absolute atomic E-state index is 0.0815. The summed E-state index contributed by atoms with van der Waals surface area (Å²) >= 11 is 0. The van der Waals surface area contributed by atoms with Gasteiger partial charge in [0.15, 0.2) is 11.7 Å². The fourth-order valence-electron chi connectivity index (χ4n) is 3.46. The number of aromatic nitrogens is 1. The zero-order valence-corrected chi connectivity index (χ0v) is 16.0. The SMILES string of the molecule is COc1ccc(-c2cnc(C3CC3)o2)cc1S(=O)(=O)NC1CCC(O)CC1. The number of aliphatic hydroxyl groups is 1. The summed E-state index contributed by atoms with van der Waals surface area (Å²) in [6, 6.07) is 4.79. The highest BCUT2D eigenvalue weighted by Gasteiger charge is 2.30. The molecular formula is C19H24N2O5S. The van der Waals surface area contributed by atoms with E-state index in [9.17, 15) is 13.5 Å². The highest BCUT2D eigenvalue weighted by atomic mass is 32.2. The molecule has 1 aromatic heterocycles. The van der Waals surface area contributed by atoms with Gasteiger partial charge < -0.3 is 14.3 Å². The van der Waals surface area contributed by atoms with Gasteiger partial charge in [0.2, 0.25) is 10.0 Å².